The van der Waals surface area contributed by atoms with Crippen LogP contribution in [0.1, 0.15) is 67.7 Å². The molecule has 0 unspecified atom stereocenters. The zero-order chi connectivity index (χ0) is 60.3. The maximum atomic E-state index is 13.1. The summed E-state index contributed by atoms with van der Waals surface area (Å²) in [5, 5.41) is 73.9. The Balaban J connectivity index is 0.0000151. The number of ether oxygens (including phenoxy) is 4. The largest absolute Gasteiger partial charge is 0.508 e. The Morgan fingerprint density at radius 2 is 1.10 bits per heavy atom. The molecule has 475 valence electrons. The van der Waals surface area contributed by atoms with E-state index >= 15 is 0 Å². The number of carbonyl (C=O) groups is 7. The molecule has 2 fully saturated rings. The van der Waals surface area contributed by atoms with Crippen LogP contribution in [0.5, 0.6) is 11.5 Å². The topological polar surface area (TPSA) is 352 Å². The number of carboxylic acid groups (broad SMARTS) is 4. The number of nitrogens with zero attached hydrogens (tertiary/aromatic N) is 9. The number of phenolic OH excluding ortho intramolecular Hbond substituents is 2. The van der Waals surface area contributed by atoms with Gasteiger partial charge in [0.05, 0.1) is 84.5 Å². The van der Waals surface area contributed by atoms with Crippen LogP contribution in [0.15, 0.2) is 36.4 Å². The number of benzene rings is 2. The van der Waals surface area contributed by atoms with Gasteiger partial charge in [-0.2, -0.15) is 0 Å². The molecule has 84 heavy (non-hydrogen) atoms. The third kappa shape index (κ3) is 24.4. The van der Waals surface area contributed by atoms with Crippen LogP contribution < -0.4 is 10.6 Å². The first-order valence-corrected chi connectivity index (χ1v) is 28.1. The van der Waals surface area contributed by atoms with Crippen LogP contribution in [0, 0.1) is 36.9 Å². The van der Waals surface area contributed by atoms with E-state index in [0.717, 1.165) is 5.56 Å². The SMILES string of the molecule is CCNC(=O)c1nnc(-c2cc(C(C)C)c(O)cc2O)n1-c1ccc(CN2CCN(C(=O)CCOCCOCCOCCOCCNC(=O)CC[C@@H](C(=O)O)N3CCN(CC(=O)O)CCN(CC(=O)O)CCN(CC(=O)O)CC3)CC2)cc1.[Lu]. The average molecular weight is 1350 g/mol. The first-order chi connectivity index (χ1) is 39.8. The summed E-state index contributed by atoms with van der Waals surface area (Å²) in [6.07, 6.45) is 0.0645. The number of carboxylic acids is 4. The molecule has 2 aromatic carbocycles. The van der Waals surface area contributed by atoms with Crippen molar-refractivity contribution >= 4 is 41.6 Å². The van der Waals surface area contributed by atoms with Gasteiger partial charge < -0.3 is 65.1 Å². The monoisotopic (exact) mass is 1340 g/mol. The van der Waals surface area contributed by atoms with Crippen molar-refractivity contribution in [1.29, 1.82) is 0 Å². The Morgan fingerprint density at radius 1 is 0.595 bits per heavy atom. The van der Waals surface area contributed by atoms with E-state index in [1.54, 1.807) is 37.2 Å². The normalized spacial score (nSPS) is 15.8. The molecule has 1 aromatic heterocycles. The van der Waals surface area contributed by atoms with E-state index in [9.17, 15) is 64.2 Å². The smallest absolute Gasteiger partial charge is 0.320 e. The van der Waals surface area contributed by atoms with Crippen LogP contribution in [0.4, 0.5) is 0 Å². The van der Waals surface area contributed by atoms with Crippen molar-refractivity contribution in [3.63, 3.8) is 0 Å². The van der Waals surface area contributed by atoms with Crippen LogP contribution in [0.3, 0.4) is 0 Å². The molecule has 29 heteroatoms. The number of hydrogen-bond donors (Lipinski definition) is 8. The zero-order valence-electron chi connectivity index (χ0n) is 48.1. The molecule has 8 N–H and O–H groups in total. The first kappa shape index (κ1) is 70.8. The second kappa shape index (κ2) is 37.7. The minimum Gasteiger partial charge on any atom is -0.508 e. The second-order valence-electron chi connectivity index (χ2n) is 20.4. The van der Waals surface area contributed by atoms with E-state index in [0.29, 0.717) is 82.5 Å². The molecule has 5 rings (SSSR count). The Labute approximate surface area is 518 Å². The van der Waals surface area contributed by atoms with E-state index in [-0.39, 0.29) is 196 Å². The van der Waals surface area contributed by atoms with E-state index in [1.807, 2.05) is 43.0 Å². The van der Waals surface area contributed by atoms with Crippen molar-refractivity contribution in [3.05, 3.63) is 53.3 Å². The maximum Gasteiger partial charge on any atom is 0.320 e. The Kier molecular flexibility index (Phi) is 31.8. The molecule has 2 saturated heterocycles. The molecule has 3 heterocycles. The molecule has 1 radical (unpaired) electrons. The second-order valence-corrected chi connectivity index (χ2v) is 20.4. The van der Waals surface area contributed by atoms with Crippen LogP contribution in [0.25, 0.3) is 17.1 Å². The minimum atomic E-state index is -1.18. The van der Waals surface area contributed by atoms with E-state index < -0.39 is 41.7 Å². The van der Waals surface area contributed by atoms with Gasteiger partial charge in [-0.15, -0.1) is 10.2 Å². The summed E-state index contributed by atoms with van der Waals surface area (Å²) in [5.41, 5.74) is 2.59. The molecule has 0 spiro atoms. The number of piperazine rings is 1. The molecule has 1 atom stereocenters. The van der Waals surface area contributed by atoms with Gasteiger partial charge in [0, 0.05) is 153 Å². The number of hydrogen-bond acceptors (Lipinski definition) is 20. The number of aromatic nitrogens is 3. The summed E-state index contributed by atoms with van der Waals surface area (Å²) in [6.45, 7) is 11.9. The van der Waals surface area contributed by atoms with Crippen molar-refractivity contribution in [2.75, 3.05) is 164 Å². The van der Waals surface area contributed by atoms with Crippen LogP contribution in [-0.2, 0) is 54.3 Å². The number of amides is 3. The van der Waals surface area contributed by atoms with E-state index in [2.05, 4.69) is 25.7 Å². The molecule has 0 aliphatic carbocycles. The van der Waals surface area contributed by atoms with Crippen molar-refractivity contribution in [1.82, 2.24) is 54.8 Å². The molecule has 3 amide bonds. The van der Waals surface area contributed by atoms with Crippen molar-refractivity contribution in [2.45, 2.75) is 58.5 Å². The summed E-state index contributed by atoms with van der Waals surface area (Å²) >= 11 is 0. The van der Waals surface area contributed by atoms with Crippen LogP contribution in [-0.4, -0.2) is 287 Å². The van der Waals surface area contributed by atoms with E-state index in [4.69, 9.17) is 18.9 Å². The summed E-state index contributed by atoms with van der Waals surface area (Å²) in [4.78, 5) is 96.6. The average Bonchev–Trinajstić information content (AvgIpc) is 2.34. The fraction of sp³-hybridized carbons (Fsp3) is 0.618. The standard InChI is InChI=1S/C55H83N11O17.Lu/c1-4-56-54(77)53-59-58-52(43-33-42(39(2)3)45(67)34-46(43)68)66(53)41-7-5-40(6-8-41)35-60-19-23-65(24-20-60)48(70)11-25-80-27-29-82-31-32-83-30-28-81-26-12-57-47(69)10-9-44(55(78)79)64-21-17-62(37-50(73)74)15-13-61(36-49(71)72)14-16-63(18-22-64)38-51(75)76;/h5-8,33-34,39,44,67-68H,4,9-32,35-38H2,1-3H3,(H,56,77)(H,57,69)(H,71,72)(H,73,74)(H,75,76)(H,78,79);/t44-;/m0./s1. The van der Waals surface area contributed by atoms with Gasteiger partial charge >= 0.3 is 23.9 Å². The summed E-state index contributed by atoms with van der Waals surface area (Å²) in [5.74, 6) is -5.23. The molecule has 0 saturated carbocycles. The molecular formula is C55H83LuN11O17. The quantitative estimate of drug-likeness (QED) is 0.0376. The maximum absolute atomic E-state index is 13.1. The van der Waals surface area contributed by atoms with Gasteiger partial charge in [-0.05, 0) is 48.6 Å². The minimum absolute atomic E-state index is 0. The van der Waals surface area contributed by atoms with Crippen LogP contribution >= 0.6 is 0 Å². The predicted molar refractivity (Wildman–Crippen MR) is 299 cm³/mol. The van der Waals surface area contributed by atoms with Gasteiger partial charge in [-0.1, -0.05) is 26.0 Å². The van der Waals surface area contributed by atoms with Crippen LogP contribution in [0.2, 0.25) is 0 Å². The van der Waals surface area contributed by atoms with Gasteiger partial charge in [0.2, 0.25) is 17.6 Å². The predicted octanol–water partition coefficient (Wildman–Crippen LogP) is 0.144. The Hall–Kier alpha value is -5.66. The molecular weight excluding hydrogens is 1260 g/mol. The molecule has 28 nitrogen and oxygen atoms in total. The summed E-state index contributed by atoms with van der Waals surface area (Å²) in [6, 6.07) is 9.47. The third-order valence-electron chi connectivity index (χ3n) is 14.0. The van der Waals surface area contributed by atoms with Gasteiger partial charge in [0.15, 0.2) is 5.82 Å². The zero-order valence-corrected chi connectivity index (χ0v) is 49.7. The Bertz CT molecular complexity index is 2540. The number of phenols is 2. The van der Waals surface area contributed by atoms with Gasteiger partial charge in [-0.3, -0.25) is 62.6 Å². The fourth-order valence-electron chi connectivity index (χ4n) is 9.56. The molecule has 2 aliphatic heterocycles. The molecule has 0 bridgehead atoms. The van der Waals surface area contributed by atoms with Crippen molar-refractivity contribution < 1.29 is 120 Å². The van der Waals surface area contributed by atoms with Crippen molar-refractivity contribution in [2.24, 2.45) is 0 Å². The van der Waals surface area contributed by atoms with E-state index in [1.165, 1.54) is 6.07 Å². The molecule has 3 aromatic rings. The number of carbonyl (C=O) groups excluding carboxylic acids is 3. The van der Waals surface area contributed by atoms with Crippen molar-refractivity contribution in [3.8, 4) is 28.6 Å². The summed E-state index contributed by atoms with van der Waals surface area (Å²) < 4.78 is 23.9. The van der Waals surface area contributed by atoms with Gasteiger partial charge in [-0.25, -0.2) is 0 Å². The third-order valence-corrected chi connectivity index (χ3v) is 14.0. The number of nitrogens with one attached hydrogen (secondary N) is 2. The fourth-order valence-corrected chi connectivity index (χ4v) is 9.56. The first-order valence-electron chi connectivity index (χ1n) is 28.1. The van der Waals surface area contributed by atoms with Gasteiger partial charge in [0.25, 0.3) is 5.91 Å². The number of aliphatic carboxylic acids is 4. The molecule has 2 aliphatic rings. The number of aromatic hydroxyl groups is 2. The number of rotatable bonds is 33. The van der Waals surface area contributed by atoms with Gasteiger partial charge in [0.1, 0.15) is 17.5 Å². The summed E-state index contributed by atoms with van der Waals surface area (Å²) in [7, 11) is 0. The Morgan fingerprint density at radius 3 is 1.60 bits per heavy atom.